The summed E-state index contributed by atoms with van der Waals surface area (Å²) in [6, 6.07) is 0. The maximum absolute atomic E-state index is 11.0. The molecule has 2 aliphatic heterocycles. The first kappa shape index (κ1) is 8.33. The van der Waals surface area contributed by atoms with E-state index < -0.39 is 5.91 Å². The molecule has 1 N–H and O–H groups in total. The number of nitrogens with one attached hydrogen (secondary N) is 1. The van der Waals surface area contributed by atoms with E-state index in [2.05, 4.69) is 15.1 Å². The lowest BCUT2D eigenvalue weighted by atomic mass is 10.4. The van der Waals surface area contributed by atoms with Gasteiger partial charge in [-0.15, -0.1) is 0 Å². The normalized spacial score (nSPS) is 24.6. The maximum Gasteiger partial charge on any atom is 0.290 e. The van der Waals surface area contributed by atoms with Gasteiger partial charge in [-0.2, -0.15) is 4.89 Å². The summed E-state index contributed by atoms with van der Waals surface area (Å²) in [6.45, 7) is 0.360. The number of amides is 2. The highest BCUT2D eigenvalue weighted by Gasteiger charge is 2.25. The fourth-order valence-corrected chi connectivity index (χ4v) is 1.55. The van der Waals surface area contributed by atoms with E-state index in [1.165, 1.54) is 6.08 Å². The summed E-state index contributed by atoms with van der Waals surface area (Å²) >= 11 is 0.846. The molecule has 0 aromatic rings. The minimum Gasteiger partial charge on any atom is -0.337 e. The summed E-state index contributed by atoms with van der Waals surface area (Å²) in [4.78, 5) is 31.3. The summed E-state index contributed by atoms with van der Waals surface area (Å²) in [7, 11) is 0. The zero-order valence-corrected chi connectivity index (χ0v) is 7.22. The SMILES string of the molecule is O=C1NC(=O)C(=CC2=CCOO2)S1. The van der Waals surface area contributed by atoms with E-state index in [0.29, 0.717) is 17.3 Å². The van der Waals surface area contributed by atoms with Crippen LogP contribution < -0.4 is 5.32 Å². The molecular weight excluding hydrogens is 194 g/mol. The van der Waals surface area contributed by atoms with E-state index in [4.69, 9.17) is 0 Å². The molecule has 0 aliphatic carbocycles. The second-order valence-corrected chi connectivity index (χ2v) is 3.34. The molecule has 0 unspecified atom stereocenters. The standard InChI is InChI=1S/C7H5NO4S/c9-6-5(13-7(10)8-6)3-4-1-2-11-12-4/h1,3H,2H2,(H,8,9,10). The molecule has 0 atom stereocenters. The summed E-state index contributed by atoms with van der Waals surface area (Å²) in [6.07, 6.45) is 3.14. The predicted molar refractivity (Wildman–Crippen MR) is 44.3 cm³/mol. The van der Waals surface area contributed by atoms with Crippen LogP contribution in [0.3, 0.4) is 0 Å². The largest absolute Gasteiger partial charge is 0.337 e. The number of allylic oxidation sites excluding steroid dienone is 1. The average Bonchev–Trinajstić information content (AvgIpc) is 2.63. The molecule has 13 heavy (non-hydrogen) atoms. The van der Waals surface area contributed by atoms with Crippen LogP contribution in [0.4, 0.5) is 4.79 Å². The fraction of sp³-hybridized carbons (Fsp3) is 0.143. The van der Waals surface area contributed by atoms with Crippen molar-refractivity contribution in [2.45, 2.75) is 0 Å². The van der Waals surface area contributed by atoms with Crippen molar-refractivity contribution in [1.29, 1.82) is 0 Å². The molecule has 0 saturated carbocycles. The Labute approximate surface area is 77.7 Å². The number of hydrogen-bond donors (Lipinski definition) is 1. The van der Waals surface area contributed by atoms with Crippen LogP contribution in [0.5, 0.6) is 0 Å². The lowest BCUT2D eigenvalue weighted by Crippen LogP contribution is -2.17. The van der Waals surface area contributed by atoms with Gasteiger partial charge in [0.25, 0.3) is 11.1 Å². The van der Waals surface area contributed by atoms with Crippen LogP contribution in [0.15, 0.2) is 22.8 Å². The van der Waals surface area contributed by atoms with Gasteiger partial charge in [0.15, 0.2) is 5.76 Å². The lowest BCUT2D eigenvalue weighted by molar-refractivity contribution is -0.230. The lowest BCUT2D eigenvalue weighted by Gasteiger charge is -1.93. The summed E-state index contributed by atoms with van der Waals surface area (Å²) in [5.41, 5.74) is 0. The first-order valence-electron chi connectivity index (χ1n) is 3.50. The van der Waals surface area contributed by atoms with Crippen LogP contribution in [-0.2, 0) is 14.6 Å². The van der Waals surface area contributed by atoms with Crippen molar-refractivity contribution < 1.29 is 19.4 Å². The number of hydrogen-bond acceptors (Lipinski definition) is 5. The van der Waals surface area contributed by atoms with Crippen LogP contribution in [0.25, 0.3) is 0 Å². The molecule has 0 spiro atoms. The zero-order valence-electron chi connectivity index (χ0n) is 6.40. The molecule has 0 bridgehead atoms. The minimum atomic E-state index is -0.397. The highest BCUT2D eigenvalue weighted by Crippen LogP contribution is 2.25. The topological polar surface area (TPSA) is 64.6 Å². The molecule has 6 heteroatoms. The Morgan fingerprint density at radius 2 is 2.38 bits per heavy atom. The van der Waals surface area contributed by atoms with Crippen molar-refractivity contribution in [3.05, 3.63) is 22.8 Å². The highest BCUT2D eigenvalue weighted by atomic mass is 32.2. The van der Waals surface area contributed by atoms with Crippen molar-refractivity contribution >= 4 is 22.9 Å². The molecule has 2 heterocycles. The van der Waals surface area contributed by atoms with Gasteiger partial charge in [0, 0.05) is 6.08 Å². The van der Waals surface area contributed by atoms with Gasteiger partial charge in [-0.3, -0.25) is 14.9 Å². The Hall–Kier alpha value is -1.27. The smallest absolute Gasteiger partial charge is 0.290 e. The van der Waals surface area contributed by atoms with E-state index in [9.17, 15) is 9.59 Å². The molecule has 5 nitrogen and oxygen atoms in total. The Morgan fingerprint density at radius 1 is 1.54 bits per heavy atom. The second-order valence-electron chi connectivity index (χ2n) is 2.33. The average molecular weight is 199 g/mol. The monoisotopic (exact) mass is 199 g/mol. The Bertz CT molecular complexity index is 333. The van der Waals surface area contributed by atoms with Crippen LogP contribution in [0.1, 0.15) is 0 Å². The van der Waals surface area contributed by atoms with E-state index >= 15 is 0 Å². The number of carbonyl (C=O) groups is 2. The fourth-order valence-electron chi connectivity index (χ4n) is 0.885. The molecule has 68 valence electrons. The molecule has 2 rings (SSSR count). The highest BCUT2D eigenvalue weighted by molar-refractivity contribution is 8.18. The van der Waals surface area contributed by atoms with Gasteiger partial charge in [0.2, 0.25) is 0 Å². The van der Waals surface area contributed by atoms with Crippen molar-refractivity contribution in [3.63, 3.8) is 0 Å². The van der Waals surface area contributed by atoms with Crippen LogP contribution in [0, 0.1) is 0 Å². The first-order valence-corrected chi connectivity index (χ1v) is 4.32. The van der Waals surface area contributed by atoms with Gasteiger partial charge in [0.05, 0.1) is 4.91 Å². The molecular formula is C7H5NO4S. The first-order chi connectivity index (χ1) is 6.25. The van der Waals surface area contributed by atoms with Gasteiger partial charge in [-0.05, 0) is 17.8 Å². The maximum atomic E-state index is 11.0. The molecule has 0 aromatic carbocycles. The summed E-state index contributed by atoms with van der Waals surface area (Å²) < 4.78 is 0. The van der Waals surface area contributed by atoms with Gasteiger partial charge in [0.1, 0.15) is 6.61 Å². The Morgan fingerprint density at radius 3 is 2.92 bits per heavy atom. The van der Waals surface area contributed by atoms with E-state index in [1.54, 1.807) is 6.08 Å². The molecule has 1 saturated heterocycles. The molecule has 2 aliphatic rings. The van der Waals surface area contributed by atoms with Crippen molar-refractivity contribution in [1.82, 2.24) is 5.32 Å². The molecule has 0 aromatic heterocycles. The van der Waals surface area contributed by atoms with E-state index in [0.717, 1.165) is 11.8 Å². The van der Waals surface area contributed by atoms with Gasteiger partial charge in [-0.1, -0.05) is 0 Å². The van der Waals surface area contributed by atoms with Crippen molar-refractivity contribution in [2.24, 2.45) is 0 Å². The van der Waals surface area contributed by atoms with E-state index in [-0.39, 0.29) is 5.24 Å². The number of carbonyl (C=O) groups excluding carboxylic acids is 2. The van der Waals surface area contributed by atoms with E-state index in [1.807, 2.05) is 0 Å². The molecule has 0 radical (unpaired) electrons. The third kappa shape index (κ3) is 1.73. The second kappa shape index (κ2) is 3.23. The third-order valence-electron chi connectivity index (χ3n) is 1.42. The zero-order chi connectivity index (χ0) is 9.26. The summed E-state index contributed by atoms with van der Waals surface area (Å²) in [5.74, 6) is 0.0544. The van der Waals surface area contributed by atoms with Crippen molar-refractivity contribution in [2.75, 3.05) is 6.61 Å². The number of imide groups is 1. The Balaban J connectivity index is 2.15. The Kier molecular flexibility index (Phi) is 2.07. The molecule has 1 fully saturated rings. The van der Waals surface area contributed by atoms with Crippen LogP contribution >= 0.6 is 11.8 Å². The van der Waals surface area contributed by atoms with Crippen LogP contribution in [-0.4, -0.2) is 17.8 Å². The number of rotatable bonds is 1. The van der Waals surface area contributed by atoms with Gasteiger partial charge >= 0.3 is 0 Å². The van der Waals surface area contributed by atoms with Gasteiger partial charge in [-0.25, -0.2) is 0 Å². The van der Waals surface area contributed by atoms with Gasteiger partial charge < -0.3 is 4.89 Å². The quantitative estimate of drug-likeness (QED) is 0.497. The minimum absolute atomic E-state index is 0.321. The van der Waals surface area contributed by atoms with Crippen LogP contribution in [0.2, 0.25) is 0 Å². The summed E-state index contributed by atoms with van der Waals surface area (Å²) in [5, 5.41) is 1.77. The predicted octanol–water partition coefficient (Wildman–Crippen LogP) is 0.699. The number of thioether (sulfide) groups is 1. The molecule has 2 amide bonds. The van der Waals surface area contributed by atoms with Crippen molar-refractivity contribution in [3.8, 4) is 0 Å². The third-order valence-corrected chi connectivity index (χ3v) is 2.23.